The van der Waals surface area contributed by atoms with Gasteiger partial charge in [0.1, 0.15) is 12.0 Å². The third-order valence-electron chi connectivity index (χ3n) is 7.19. The average molecular weight is 631 g/mol. The second kappa shape index (κ2) is 12.9. The van der Waals surface area contributed by atoms with E-state index in [1.165, 1.54) is 21.5 Å². The van der Waals surface area contributed by atoms with Gasteiger partial charge in [-0.3, -0.25) is 9.36 Å². The summed E-state index contributed by atoms with van der Waals surface area (Å²) in [5.74, 6) is 0.331. The van der Waals surface area contributed by atoms with Crippen LogP contribution in [0.25, 0.3) is 22.4 Å². The van der Waals surface area contributed by atoms with Crippen molar-refractivity contribution in [3.8, 4) is 11.4 Å². The first-order valence-electron chi connectivity index (χ1n) is 13.9. The molecule has 0 radical (unpaired) electrons. The Labute approximate surface area is 249 Å². The lowest BCUT2D eigenvalue weighted by atomic mass is 10.1. The Kier molecular flexibility index (Phi) is 9.19. The highest BCUT2D eigenvalue weighted by atomic mass is 32.2. The van der Waals surface area contributed by atoms with Gasteiger partial charge in [0, 0.05) is 55.0 Å². The molecular formula is C27H34N8O6S2. The standard InChI is InChI=1S/C27H34N8O6S2/c1-3-41-18-22-16-21-17-28-27(30-23-10-13-33(14-11-23)42(2,37)38)31-25(21)34(26(22)36)12-7-15-43(39,40)35-19-29-24(32-35)20-8-5-4-6-9-20/h4-6,8-9,16-17,19,23H,3,7,10-15,18H2,1-2H3,(H,28,30,31). The summed E-state index contributed by atoms with van der Waals surface area (Å²) in [6.07, 6.45) is 5.27. The van der Waals surface area contributed by atoms with E-state index in [-0.39, 0.29) is 36.9 Å². The highest BCUT2D eigenvalue weighted by Gasteiger charge is 2.25. The van der Waals surface area contributed by atoms with Gasteiger partial charge in [0.05, 0.1) is 18.6 Å². The lowest BCUT2D eigenvalue weighted by molar-refractivity contribution is 0.133. The predicted octanol–water partition coefficient (Wildman–Crippen LogP) is 1.69. The molecule has 0 amide bonds. The van der Waals surface area contributed by atoms with Crippen molar-refractivity contribution < 1.29 is 21.6 Å². The molecule has 14 nitrogen and oxygen atoms in total. The number of benzene rings is 1. The van der Waals surface area contributed by atoms with Crippen LogP contribution >= 0.6 is 0 Å². The summed E-state index contributed by atoms with van der Waals surface area (Å²) >= 11 is 0. The number of anilines is 1. The summed E-state index contributed by atoms with van der Waals surface area (Å²) in [6.45, 7) is 3.22. The second-order valence-electron chi connectivity index (χ2n) is 10.3. The van der Waals surface area contributed by atoms with Crippen molar-refractivity contribution in [3.05, 3.63) is 64.8 Å². The summed E-state index contributed by atoms with van der Waals surface area (Å²) < 4.78 is 59.1. The van der Waals surface area contributed by atoms with Gasteiger partial charge in [0.2, 0.25) is 16.0 Å². The molecule has 0 atom stereocenters. The Balaban J connectivity index is 1.35. The molecule has 16 heteroatoms. The summed E-state index contributed by atoms with van der Waals surface area (Å²) in [7, 11) is -7.09. The van der Waals surface area contributed by atoms with E-state index in [0.29, 0.717) is 66.5 Å². The number of hydrogen-bond donors (Lipinski definition) is 1. The first kappa shape index (κ1) is 30.7. The van der Waals surface area contributed by atoms with Gasteiger partial charge in [-0.2, -0.15) is 4.98 Å². The molecular weight excluding hydrogens is 596 g/mol. The zero-order valence-electron chi connectivity index (χ0n) is 24.0. The molecule has 230 valence electrons. The molecule has 1 N–H and O–H groups in total. The van der Waals surface area contributed by atoms with Gasteiger partial charge in [-0.05, 0) is 32.3 Å². The van der Waals surface area contributed by atoms with Crippen LogP contribution in [0.5, 0.6) is 0 Å². The maximum absolute atomic E-state index is 13.5. The largest absolute Gasteiger partial charge is 0.377 e. The molecule has 43 heavy (non-hydrogen) atoms. The molecule has 4 aromatic rings. The van der Waals surface area contributed by atoms with Crippen molar-refractivity contribution in [1.82, 2.24) is 33.0 Å². The van der Waals surface area contributed by atoms with E-state index < -0.39 is 20.0 Å². The van der Waals surface area contributed by atoms with E-state index in [9.17, 15) is 21.6 Å². The molecule has 4 heterocycles. The van der Waals surface area contributed by atoms with Gasteiger partial charge < -0.3 is 10.1 Å². The minimum absolute atomic E-state index is 0.0403. The molecule has 0 aliphatic carbocycles. The molecule has 1 saturated heterocycles. The van der Waals surface area contributed by atoms with Crippen LogP contribution in [0.1, 0.15) is 31.7 Å². The Morgan fingerprint density at radius 2 is 1.81 bits per heavy atom. The van der Waals surface area contributed by atoms with Crippen molar-refractivity contribution in [3.63, 3.8) is 0 Å². The van der Waals surface area contributed by atoms with Crippen LogP contribution in [-0.4, -0.2) is 87.6 Å². The van der Waals surface area contributed by atoms with Crippen LogP contribution < -0.4 is 10.9 Å². The summed E-state index contributed by atoms with van der Waals surface area (Å²) in [5.41, 5.74) is 1.15. The fourth-order valence-electron chi connectivity index (χ4n) is 4.93. The van der Waals surface area contributed by atoms with Crippen LogP contribution in [0, 0.1) is 0 Å². The van der Waals surface area contributed by atoms with Crippen molar-refractivity contribution in [2.24, 2.45) is 0 Å². The Morgan fingerprint density at radius 3 is 2.51 bits per heavy atom. The van der Waals surface area contributed by atoms with E-state index in [2.05, 4.69) is 25.4 Å². The lowest BCUT2D eigenvalue weighted by Gasteiger charge is -2.30. The van der Waals surface area contributed by atoms with Gasteiger partial charge in [-0.1, -0.05) is 30.3 Å². The maximum atomic E-state index is 13.5. The normalized spacial score (nSPS) is 15.2. The predicted molar refractivity (Wildman–Crippen MR) is 161 cm³/mol. The Hall–Kier alpha value is -3.73. The molecule has 5 rings (SSSR count). The van der Waals surface area contributed by atoms with Crippen LogP contribution in [-0.2, 0) is 37.9 Å². The van der Waals surface area contributed by atoms with Gasteiger partial charge in [-0.25, -0.2) is 31.1 Å². The zero-order chi connectivity index (χ0) is 30.6. The maximum Gasteiger partial charge on any atom is 0.257 e. The number of nitrogens with zero attached hydrogens (tertiary/aromatic N) is 7. The van der Waals surface area contributed by atoms with E-state index in [1.807, 2.05) is 25.1 Å². The quantitative estimate of drug-likeness (QED) is 0.242. The summed E-state index contributed by atoms with van der Waals surface area (Å²) in [6, 6.07) is 10.7. The molecule has 1 aromatic carbocycles. The van der Waals surface area contributed by atoms with Crippen molar-refractivity contribution in [2.45, 2.75) is 45.4 Å². The third-order valence-corrected chi connectivity index (χ3v) is 10.0. The molecule has 1 aliphatic heterocycles. The Bertz CT molecular complexity index is 1850. The topological polar surface area (TPSA) is 171 Å². The van der Waals surface area contributed by atoms with Crippen LogP contribution in [0.3, 0.4) is 0 Å². The lowest BCUT2D eigenvalue weighted by Crippen LogP contribution is -2.42. The molecule has 1 aliphatic rings. The average Bonchev–Trinajstić information content (AvgIpc) is 3.50. The third kappa shape index (κ3) is 7.26. The zero-order valence-corrected chi connectivity index (χ0v) is 25.6. The number of pyridine rings is 1. The van der Waals surface area contributed by atoms with Gasteiger partial charge >= 0.3 is 0 Å². The second-order valence-corrected chi connectivity index (χ2v) is 14.2. The van der Waals surface area contributed by atoms with Crippen LogP contribution in [0.15, 0.2) is 53.7 Å². The van der Waals surface area contributed by atoms with Crippen LogP contribution in [0.2, 0.25) is 0 Å². The number of nitrogens with one attached hydrogen (secondary N) is 1. The highest BCUT2D eigenvalue weighted by Crippen LogP contribution is 2.19. The Morgan fingerprint density at radius 1 is 1.07 bits per heavy atom. The van der Waals surface area contributed by atoms with E-state index in [4.69, 9.17) is 4.74 Å². The highest BCUT2D eigenvalue weighted by molar-refractivity contribution is 7.89. The number of aryl methyl sites for hydroxylation is 1. The van der Waals surface area contributed by atoms with E-state index >= 15 is 0 Å². The molecule has 0 unspecified atom stereocenters. The number of sulfonamides is 1. The smallest absolute Gasteiger partial charge is 0.257 e. The fraction of sp³-hybridized carbons (Fsp3) is 0.444. The SMILES string of the molecule is CCOCc1cc2cnc(NC3CCN(S(C)(=O)=O)CC3)nc2n(CCCS(=O)(=O)n2cnc(-c3ccccc3)n2)c1=O. The first-order chi connectivity index (χ1) is 20.5. The number of piperidine rings is 1. The number of rotatable bonds is 12. The van der Waals surface area contributed by atoms with Gasteiger partial charge in [-0.15, -0.1) is 9.19 Å². The minimum atomic E-state index is -3.84. The minimum Gasteiger partial charge on any atom is -0.377 e. The van der Waals surface area contributed by atoms with Crippen molar-refractivity contribution in [1.29, 1.82) is 0 Å². The number of hydrogen-bond acceptors (Lipinski definition) is 11. The summed E-state index contributed by atoms with van der Waals surface area (Å²) in [5, 5.41) is 8.02. The molecule has 0 saturated carbocycles. The molecule has 0 spiro atoms. The monoisotopic (exact) mass is 630 g/mol. The van der Waals surface area contributed by atoms with Crippen LogP contribution in [0.4, 0.5) is 5.95 Å². The number of aromatic nitrogens is 6. The first-order valence-corrected chi connectivity index (χ1v) is 17.4. The van der Waals surface area contributed by atoms with Crippen molar-refractivity contribution in [2.75, 3.05) is 37.0 Å². The molecule has 1 fully saturated rings. The van der Waals surface area contributed by atoms with Crippen molar-refractivity contribution >= 4 is 37.0 Å². The fourth-order valence-corrected chi connectivity index (χ4v) is 6.87. The molecule has 0 bridgehead atoms. The number of fused-ring (bicyclic) bond motifs is 1. The summed E-state index contributed by atoms with van der Waals surface area (Å²) in [4.78, 5) is 26.6. The molecule has 3 aromatic heterocycles. The van der Waals surface area contributed by atoms with Gasteiger partial charge in [0.15, 0.2) is 5.82 Å². The number of ether oxygens (including phenoxy) is 1. The van der Waals surface area contributed by atoms with Gasteiger partial charge in [0.25, 0.3) is 15.6 Å². The van der Waals surface area contributed by atoms with E-state index in [1.54, 1.807) is 24.4 Å². The van der Waals surface area contributed by atoms with E-state index in [0.717, 1.165) is 4.09 Å².